The average molecular weight is 186 g/mol. The van der Waals surface area contributed by atoms with Gasteiger partial charge in [0.05, 0.1) is 6.54 Å². The third-order valence-electron chi connectivity index (χ3n) is 1.88. The predicted molar refractivity (Wildman–Crippen MR) is 56.1 cm³/mol. The van der Waals surface area contributed by atoms with Gasteiger partial charge in [-0.3, -0.25) is 0 Å². The maximum absolute atomic E-state index is 5.41. The highest BCUT2D eigenvalue weighted by Gasteiger charge is 2.03. The van der Waals surface area contributed by atoms with E-state index in [4.69, 9.17) is 10.8 Å². The fraction of sp³-hybridized carbons (Fsp3) is 0.182. The Bertz CT molecular complexity index is 493. The van der Waals surface area contributed by atoms with Crippen LogP contribution in [0, 0.1) is 19.3 Å². The van der Waals surface area contributed by atoms with Crippen LogP contribution in [-0.4, -0.2) is 11.5 Å². The van der Waals surface area contributed by atoms with Gasteiger partial charge in [-0.1, -0.05) is 12.0 Å². The number of rotatable bonds is 2. The molecular weight excluding hydrogens is 176 g/mol. The molecule has 0 saturated carbocycles. The minimum atomic E-state index is 0.422. The molecule has 0 bridgehead atoms. The van der Waals surface area contributed by atoms with Crippen LogP contribution in [0.1, 0.15) is 5.56 Å². The molecule has 0 spiro atoms. The van der Waals surface area contributed by atoms with E-state index in [2.05, 4.69) is 16.2 Å². The van der Waals surface area contributed by atoms with Gasteiger partial charge in [-0.2, -0.15) is 4.98 Å². The number of nitrogens with one attached hydrogen (secondary N) is 1. The van der Waals surface area contributed by atoms with Gasteiger partial charge in [-0.05, 0) is 24.6 Å². The molecule has 0 aliphatic rings. The van der Waals surface area contributed by atoms with Crippen molar-refractivity contribution in [1.82, 2.24) is 4.98 Å². The highest BCUT2D eigenvalue weighted by Crippen LogP contribution is 2.19. The Hall–Kier alpha value is -1.95. The van der Waals surface area contributed by atoms with Crippen molar-refractivity contribution >= 4 is 17.1 Å². The lowest BCUT2D eigenvalue weighted by Crippen LogP contribution is -1.97. The Morgan fingerprint density at radius 3 is 3.21 bits per heavy atom. The topological polar surface area (TPSA) is 38.1 Å². The molecule has 2 rings (SSSR count). The maximum Gasteiger partial charge on any atom is 0.296 e. The van der Waals surface area contributed by atoms with Gasteiger partial charge in [0, 0.05) is 0 Å². The van der Waals surface area contributed by atoms with Crippen LogP contribution in [0.3, 0.4) is 0 Å². The number of terminal acetylenes is 1. The summed E-state index contributed by atoms with van der Waals surface area (Å²) in [5, 5.41) is 2.89. The van der Waals surface area contributed by atoms with E-state index in [1.807, 2.05) is 25.1 Å². The number of hydrogen-bond acceptors (Lipinski definition) is 3. The van der Waals surface area contributed by atoms with E-state index >= 15 is 0 Å². The first kappa shape index (κ1) is 8.64. The lowest BCUT2D eigenvalue weighted by atomic mass is 10.2. The van der Waals surface area contributed by atoms with E-state index in [-0.39, 0.29) is 0 Å². The molecule has 0 fully saturated rings. The minimum Gasteiger partial charge on any atom is -0.424 e. The molecule has 70 valence electrons. The van der Waals surface area contributed by atoms with Crippen molar-refractivity contribution < 1.29 is 4.42 Å². The molecule has 0 aliphatic heterocycles. The molecule has 1 aromatic carbocycles. The van der Waals surface area contributed by atoms with E-state index in [0.717, 1.165) is 16.7 Å². The van der Waals surface area contributed by atoms with Gasteiger partial charge in [-0.25, -0.2) is 0 Å². The van der Waals surface area contributed by atoms with Gasteiger partial charge in [0.15, 0.2) is 5.58 Å². The standard InChI is InChI=1S/C11H10N2O/c1-3-6-12-11-13-9-7-8(2)4-5-10(9)14-11/h1,4-5,7H,6H2,2H3,(H,12,13). The molecule has 0 atom stereocenters. The number of benzene rings is 1. The second kappa shape index (κ2) is 3.43. The van der Waals surface area contributed by atoms with Gasteiger partial charge in [0.1, 0.15) is 5.52 Å². The number of nitrogens with zero attached hydrogens (tertiary/aromatic N) is 1. The highest BCUT2D eigenvalue weighted by atomic mass is 16.4. The Labute approximate surface area is 82.1 Å². The minimum absolute atomic E-state index is 0.422. The Morgan fingerprint density at radius 2 is 2.43 bits per heavy atom. The Kier molecular flexibility index (Phi) is 2.11. The molecular formula is C11H10N2O. The van der Waals surface area contributed by atoms with Gasteiger partial charge < -0.3 is 9.73 Å². The first-order valence-corrected chi connectivity index (χ1v) is 4.34. The quantitative estimate of drug-likeness (QED) is 0.730. The molecule has 0 radical (unpaired) electrons. The predicted octanol–water partition coefficient (Wildman–Crippen LogP) is 2.18. The van der Waals surface area contributed by atoms with Crippen molar-refractivity contribution in [2.75, 3.05) is 11.9 Å². The number of anilines is 1. The summed E-state index contributed by atoms with van der Waals surface area (Å²) >= 11 is 0. The fourth-order valence-corrected chi connectivity index (χ4v) is 1.24. The summed E-state index contributed by atoms with van der Waals surface area (Å²) in [4.78, 5) is 4.24. The molecule has 0 unspecified atom stereocenters. The Balaban J connectivity index is 2.37. The van der Waals surface area contributed by atoms with Gasteiger partial charge in [0.2, 0.25) is 0 Å². The summed E-state index contributed by atoms with van der Waals surface area (Å²) in [6.45, 7) is 2.44. The molecule has 1 aromatic heterocycles. The molecule has 3 nitrogen and oxygen atoms in total. The van der Waals surface area contributed by atoms with Crippen LogP contribution in [0.5, 0.6) is 0 Å². The summed E-state index contributed by atoms with van der Waals surface area (Å²) < 4.78 is 5.41. The molecule has 0 aliphatic carbocycles. The molecule has 2 aromatic rings. The molecule has 1 N–H and O–H groups in total. The van der Waals surface area contributed by atoms with Crippen molar-refractivity contribution in [1.29, 1.82) is 0 Å². The van der Waals surface area contributed by atoms with E-state index in [0.29, 0.717) is 12.6 Å². The fourth-order valence-electron chi connectivity index (χ4n) is 1.24. The van der Waals surface area contributed by atoms with E-state index in [1.165, 1.54) is 0 Å². The van der Waals surface area contributed by atoms with E-state index < -0.39 is 0 Å². The van der Waals surface area contributed by atoms with Gasteiger partial charge >= 0.3 is 0 Å². The van der Waals surface area contributed by atoms with E-state index in [1.54, 1.807) is 0 Å². The lowest BCUT2D eigenvalue weighted by Gasteiger charge is -1.90. The van der Waals surface area contributed by atoms with Crippen LogP contribution in [-0.2, 0) is 0 Å². The smallest absolute Gasteiger partial charge is 0.296 e. The maximum atomic E-state index is 5.41. The first-order chi connectivity index (χ1) is 6.79. The largest absolute Gasteiger partial charge is 0.424 e. The van der Waals surface area contributed by atoms with E-state index in [9.17, 15) is 0 Å². The summed E-state index contributed by atoms with van der Waals surface area (Å²) in [7, 11) is 0. The zero-order valence-corrected chi connectivity index (χ0v) is 7.87. The normalized spacial score (nSPS) is 10.0. The number of aryl methyl sites for hydroxylation is 1. The second-order valence-electron chi connectivity index (χ2n) is 3.05. The third-order valence-corrected chi connectivity index (χ3v) is 1.88. The van der Waals surface area contributed by atoms with Crippen LogP contribution in [0.15, 0.2) is 22.6 Å². The van der Waals surface area contributed by atoms with Crippen LogP contribution in [0.2, 0.25) is 0 Å². The summed E-state index contributed by atoms with van der Waals surface area (Å²) in [6, 6.07) is 6.33. The summed E-state index contributed by atoms with van der Waals surface area (Å²) in [6.07, 6.45) is 5.11. The lowest BCUT2D eigenvalue weighted by molar-refractivity contribution is 0.618. The second-order valence-corrected chi connectivity index (χ2v) is 3.05. The number of hydrogen-bond donors (Lipinski definition) is 1. The van der Waals surface area contributed by atoms with Crippen LogP contribution < -0.4 is 5.32 Å². The van der Waals surface area contributed by atoms with Gasteiger partial charge in [0.25, 0.3) is 6.01 Å². The van der Waals surface area contributed by atoms with Crippen LogP contribution in [0.4, 0.5) is 6.01 Å². The zero-order chi connectivity index (χ0) is 9.97. The molecule has 0 amide bonds. The van der Waals surface area contributed by atoms with Crippen molar-refractivity contribution in [3.05, 3.63) is 23.8 Å². The highest BCUT2D eigenvalue weighted by molar-refractivity contribution is 5.75. The molecule has 14 heavy (non-hydrogen) atoms. The van der Waals surface area contributed by atoms with Gasteiger partial charge in [-0.15, -0.1) is 6.42 Å². The molecule has 1 heterocycles. The zero-order valence-electron chi connectivity index (χ0n) is 7.87. The third kappa shape index (κ3) is 1.55. The van der Waals surface area contributed by atoms with Crippen molar-refractivity contribution in [3.8, 4) is 12.3 Å². The van der Waals surface area contributed by atoms with Crippen LogP contribution >= 0.6 is 0 Å². The van der Waals surface area contributed by atoms with Crippen molar-refractivity contribution in [2.45, 2.75) is 6.92 Å². The molecule has 3 heteroatoms. The summed E-state index contributed by atoms with van der Waals surface area (Å²) in [5.41, 5.74) is 2.79. The number of oxazole rings is 1. The number of aromatic nitrogens is 1. The Morgan fingerprint density at radius 1 is 1.57 bits per heavy atom. The first-order valence-electron chi connectivity index (χ1n) is 4.34. The van der Waals surface area contributed by atoms with Crippen molar-refractivity contribution in [3.63, 3.8) is 0 Å². The summed E-state index contributed by atoms with van der Waals surface area (Å²) in [5.74, 6) is 2.46. The average Bonchev–Trinajstić information content (AvgIpc) is 2.56. The van der Waals surface area contributed by atoms with Crippen molar-refractivity contribution in [2.24, 2.45) is 0 Å². The SMILES string of the molecule is C#CCNc1nc2cc(C)ccc2o1. The molecule has 0 saturated heterocycles. The monoisotopic (exact) mass is 186 g/mol. The number of fused-ring (bicyclic) bond motifs is 1. The van der Waals surface area contributed by atoms with Crippen LogP contribution in [0.25, 0.3) is 11.1 Å².